The number of sulfonamides is 1. The molecule has 2 aromatic rings. The van der Waals surface area contributed by atoms with Gasteiger partial charge in [0.25, 0.3) is 0 Å². The summed E-state index contributed by atoms with van der Waals surface area (Å²) in [7, 11) is -3.62. The molecule has 7 nitrogen and oxygen atoms in total. The van der Waals surface area contributed by atoms with Gasteiger partial charge in [-0.25, -0.2) is 29.0 Å². The zero-order valence-electron chi connectivity index (χ0n) is 10.8. The third-order valence-electron chi connectivity index (χ3n) is 2.57. The molecule has 0 bridgehead atoms. The molecule has 0 aliphatic rings. The molecule has 4 N–H and O–H groups in total. The van der Waals surface area contributed by atoms with Crippen molar-refractivity contribution in [3.63, 3.8) is 0 Å². The Bertz CT molecular complexity index is 666. The molecule has 0 saturated carbocycles. The number of hydrazine groups is 1. The molecule has 108 valence electrons. The quantitative estimate of drug-likeness (QED) is 0.539. The number of hydrogen-bond acceptors (Lipinski definition) is 7. The van der Waals surface area contributed by atoms with Crippen molar-refractivity contribution in [3.05, 3.63) is 34.3 Å². The minimum absolute atomic E-state index is 0.00349. The van der Waals surface area contributed by atoms with Crippen LogP contribution in [0.2, 0.25) is 0 Å². The van der Waals surface area contributed by atoms with Crippen LogP contribution in [0.25, 0.3) is 0 Å². The summed E-state index contributed by atoms with van der Waals surface area (Å²) in [4.78, 5) is 9.74. The van der Waals surface area contributed by atoms with Crippen molar-refractivity contribution in [1.29, 1.82) is 0 Å². The maximum atomic E-state index is 12.0. The summed E-state index contributed by atoms with van der Waals surface area (Å²) in [6.07, 6.45) is 3.35. The SMILES string of the molecule is CCc1ccc(CNS(=O)(=O)c2cnc(NN)nc2)s1. The second-order valence-electron chi connectivity index (χ2n) is 3.93. The Balaban J connectivity index is 2.06. The minimum Gasteiger partial charge on any atom is -0.292 e. The molecule has 0 spiro atoms. The lowest BCUT2D eigenvalue weighted by Gasteiger charge is -2.05. The lowest BCUT2D eigenvalue weighted by Crippen LogP contribution is -2.23. The van der Waals surface area contributed by atoms with Gasteiger partial charge in [-0.15, -0.1) is 11.3 Å². The zero-order valence-corrected chi connectivity index (χ0v) is 12.5. The summed E-state index contributed by atoms with van der Waals surface area (Å²) in [5.74, 6) is 5.28. The topological polar surface area (TPSA) is 110 Å². The van der Waals surface area contributed by atoms with Crippen molar-refractivity contribution in [2.75, 3.05) is 5.43 Å². The Labute approximate surface area is 121 Å². The molecule has 0 aliphatic carbocycles. The highest BCUT2D eigenvalue weighted by Gasteiger charge is 2.15. The summed E-state index contributed by atoms with van der Waals surface area (Å²) in [5, 5.41) is 0. The molecule has 0 atom stereocenters. The third kappa shape index (κ3) is 3.51. The third-order valence-corrected chi connectivity index (χ3v) is 5.16. The molecule has 2 rings (SSSR count). The number of aromatic nitrogens is 2. The van der Waals surface area contributed by atoms with E-state index in [4.69, 9.17) is 5.84 Å². The first-order valence-corrected chi connectivity index (χ1v) is 8.21. The van der Waals surface area contributed by atoms with Crippen molar-refractivity contribution in [1.82, 2.24) is 14.7 Å². The molecule has 0 radical (unpaired) electrons. The number of nitrogens with zero attached hydrogens (tertiary/aromatic N) is 2. The van der Waals surface area contributed by atoms with Gasteiger partial charge in [-0.05, 0) is 18.6 Å². The van der Waals surface area contributed by atoms with Gasteiger partial charge in [-0.2, -0.15) is 0 Å². The molecule has 20 heavy (non-hydrogen) atoms. The monoisotopic (exact) mass is 313 g/mol. The molecule has 0 amide bonds. The number of nitrogen functional groups attached to an aromatic ring is 1. The van der Waals surface area contributed by atoms with Crippen LogP contribution in [0.15, 0.2) is 29.4 Å². The fourth-order valence-electron chi connectivity index (χ4n) is 1.49. The van der Waals surface area contributed by atoms with E-state index in [1.54, 1.807) is 11.3 Å². The molecule has 0 saturated heterocycles. The first-order chi connectivity index (χ1) is 9.55. The average molecular weight is 313 g/mol. The van der Waals surface area contributed by atoms with E-state index in [-0.39, 0.29) is 17.4 Å². The molecule has 0 aromatic carbocycles. The van der Waals surface area contributed by atoms with Crippen LogP contribution in [-0.4, -0.2) is 18.4 Å². The fraction of sp³-hybridized carbons (Fsp3) is 0.273. The van der Waals surface area contributed by atoms with Crippen molar-refractivity contribution >= 4 is 27.3 Å². The Morgan fingerprint density at radius 3 is 2.45 bits per heavy atom. The number of nitrogens with one attached hydrogen (secondary N) is 2. The second-order valence-corrected chi connectivity index (χ2v) is 6.95. The lowest BCUT2D eigenvalue weighted by molar-refractivity contribution is 0.581. The summed E-state index contributed by atoms with van der Waals surface area (Å²) < 4.78 is 26.6. The normalized spacial score (nSPS) is 11.5. The van der Waals surface area contributed by atoms with E-state index < -0.39 is 10.0 Å². The minimum atomic E-state index is -3.62. The Morgan fingerprint density at radius 2 is 1.90 bits per heavy atom. The van der Waals surface area contributed by atoms with Gasteiger partial charge in [0.05, 0.1) is 12.4 Å². The van der Waals surface area contributed by atoms with Crippen LogP contribution < -0.4 is 16.0 Å². The molecule has 0 fully saturated rings. The van der Waals surface area contributed by atoms with Crippen LogP contribution in [-0.2, 0) is 23.0 Å². The Kier molecular flexibility index (Phi) is 4.65. The van der Waals surface area contributed by atoms with E-state index in [2.05, 4.69) is 27.0 Å². The molecule has 0 aliphatic heterocycles. The largest absolute Gasteiger partial charge is 0.292 e. The molecule has 0 unspecified atom stereocenters. The number of thiophene rings is 1. The maximum Gasteiger partial charge on any atom is 0.243 e. The molecular weight excluding hydrogens is 298 g/mol. The zero-order chi connectivity index (χ0) is 14.6. The van der Waals surface area contributed by atoms with Crippen LogP contribution in [0.4, 0.5) is 5.95 Å². The van der Waals surface area contributed by atoms with Crippen molar-refractivity contribution in [2.24, 2.45) is 5.84 Å². The molecular formula is C11H15N5O2S2. The van der Waals surface area contributed by atoms with Crippen LogP contribution in [0, 0.1) is 0 Å². The highest BCUT2D eigenvalue weighted by molar-refractivity contribution is 7.89. The summed E-state index contributed by atoms with van der Waals surface area (Å²) in [6, 6.07) is 3.92. The van der Waals surface area contributed by atoms with Crippen LogP contribution >= 0.6 is 11.3 Å². The standard InChI is InChI=1S/C11H15N5O2S2/c1-2-8-3-4-9(19-8)5-15-20(17,18)10-6-13-11(16-12)14-7-10/h3-4,6-7,15H,2,5,12H2,1H3,(H,13,14,16). The van der Waals surface area contributed by atoms with Crippen LogP contribution in [0.5, 0.6) is 0 Å². The van der Waals surface area contributed by atoms with Gasteiger partial charge in [0.2, 0.25) is 16.0 Å². The van der Waals surface area contributed by atoms with E-state index in [0.29, 0.717) is 0 Å². The van der Waals surface area contributed by atoms with E-state index in [0.717, 1.165) is 11.3 Å². The highest BCUT2D eigenvalue weighted by Crippen LogP contribution is 2.17. The smallest absolute Gasteiger partial charge is 0.243 e. The predicted octanol–water partition coefficient (Wildman–Crippen LogP) is 0.865. The number of nitrogens with two attached hydrogens (primary N) is 1. The second kappa shape index (κ2) is 6.27. The van der Waals surface area contributed by atoms with Crippen molar-refractivity contribution in [2.45, 2.75) is 24.8 Å². The van der Waals surface area contributed by atoms with Gasteiger partial charge in [-0.1, -0.05) is 6.92 Å². The summed E-state index contributed by atoms with van der Waals surface area (Å²) >= 11 is 1.59. The predicted molar refractivity (Wildman–Crippen MR) is 77.6 cm³/mol. The van der Waals surface area contributed by atoms with E-state index in [1.165, 1.54) is 17.3 Å². The van der Waals surface area contributed by atoms with Crippen molar-refractivity contribution in [3.8, 4) is 0 Å². The Morgan fingerprint density at radius 1 is 1.25 bits per heavy atom. The summed E-state index contributed by atoms with van der Waals surface area (Å²) in [6.45, 7) is 2.31. The van der Waals surface area contributed by atoms with E-state index in [1.807, 2.05) is 12.1 Å². The van der Waals surface area contributed by atoms with Gasteiger partial charge in [-0.3, -0.25) is 5.43 Å². The lowest BCUT2D eigenvalue weighted by atomic mass is 10.4. The molecule has 9 heteroatoms. The number of hydrogen-bond donors (Lipinski definition) is 3. The molecule has 2 heterocycles. The highest BCUT2D eigenvalue weighted by atomic mass is 32.2. The van der Waals surface area contributed by atoms with Gasteiger partial charge >= 0.3 is 0 Å². The van der Waals surface area contributed by atoms with E-state index >= 15 is 0 Å². The Hall–Kier alpha value is -1.55. The summed E-state index contributed by atoms with van der Waals surface area (Å²) in [5.41, 5.74) is 2.24. The first-order valence-electron chi connectivity index (χ1n) is 5.91. The van der Waals surface area contributed by atoms with Crippen molar-refractivity contribution < 1.29 is 8.42 Å². The number of anilines is 1. The average Bonchev–Trinajstić information content (AvgIpc) is 2.93. The maximum absolute atomic E-state index is 12.0. The van der Waals surface area contributed by atoms with Gasteiger partial charge in [0, 0.05) is 16.3 Å². The number of aryl methyl sites for hydroxylation is 1. The van der Waals surface area contributed by atoms with E-state index in [9.17, 15) is 8.42 Å². The first kappa shape index (κ1) is 14.9. The van der Waals surface area contributed by atoms with Gasteiger partial charge < -0.3 is 0 Å². The van der Waals surface area contributed by atoms with Crippen LogP contribution in [0.3, 0.4) is 0 Å². The van der Waals surface area contributed by atoms with Gasteiger partial charge in [0.15, 0.2) is 0 Å². The van der Waals surface area contributed by atoms with Gasteiger partial charge in [0.1, 0.15) is 4.90 Å². The molecule has 2 aromatic heterocycles. The number of rotatable bonds is 6. The fourth-order valence-corrected chi connectivity index (χ4v) is 3.37. The van der Waals surface area contributed by atoms with Crippen LogP contribution in [0.1, 0.15) is 16.7 Å².